The highest BCUT2D eigenvalue weighted by atomic mass is 32.2. The third-order valence-electron chi connectivity index (χ3n) is 6.32. The molecule has 0 bridgehead atoms. The van der Waals surface area contributed by atoms with E-state index >= 15 is 0 Å². The van der Waals surface area contributed by atoms with Crippen LogP contribution in [-0.2, 0) is 16.0 Å². The average Bonchev–Trinajstić information content (AvgIpc) is 3.55. The Morgan fingerprint density at radius 1 is 1.02 bits per heavy atom. The molecule has 1 aliphatic heterocycles. The first kappa shape index (κ1) is 28.1. The molecule has 5 rings (SSSR count). The standard InChI is InChI=1S/C29H24F3N5O3S/c1-18-4-3-5-19(2)26(18)37-25(39)16-41-28(37)34-24(38)15-8-20-6-9-21(10-7-20)27-33-17-36(35-27)22-11-13-23(14-12-22)40-29(30,31)32/h3-7,9-14,17H,8,15-16H2,1-2H3. The van der Waals surface area contributed by atoms with Gasteiger partial charge in [0.15, 0.2) is 11.0 Å². The molecule has 1 saturated heterocycles. The predicted octanol–water partition coefficient (Wildman–Crippen LogP) is 6.04. The Morgan fingerprint density at radius 2 is 1.71 bits per heavy atom. The van der Waals surface area contributed by atoms with Crippen molar-refractivity contribution in [1.82, 2.24) is 14.8 Å². The fourth-order valence-corrected chi connectivity index (χ4v) is 5.25. The number of hydrogen-bond acceptors (Lipinski definition) is 6. The van der Waals surface area contributed by atoms with Gasteiger partial charge in [0.2, 0.25) is 11.8 Å². The summed E-state index contributed by atoms with van der Waals surface area (Å²) >= 11 is 1.26. The Labute approximate surface area is 237 Å². The summed E-state index contributed by atoms with van der Waals surface area (Å²) in [5.41, 5.74) is 4.83. The molecule has 8 nitrogen and oxygen atoms in total. The van der Waals surface area contributed by atoms with Gasteiger partial charge in [-0.15, -0.1) is 18.3 Å². The molecular formula is C29H24F3N5O3S. The van der Waals surface area contributed by atoms with Gasteiger partial charge in [-0.25, -0.2) is 9.67 Å². The van der Waals surface area contributed by atoms with Gasteiger partial charge in [-0.2, -0.15) is 4.99 Å². The fourth-order valence-electron chi connectivity index (χ4n) is 4.38. The number of amides is 2. The molecule has 2 heterocycles. The Hall–Kier alpha value is -4.45. The number of nitrogens with zero attached hydrogens (tertiary/aromatic N) is 5. The molecule has 0 N–H and O–H groups in total. The van der Waals surface area contributed by atoms with Crippen molar-refractivity contribution in [2.24, 2.45) is 4.99 Å². The van der Waals surface area contributed by atoms with Crippen LogP contribution in [0.3, 0.4) is 0 Å². The number of aryl methyl sites for hydroxylation is 3. The van der Waals surface area contributed by atoms with Crippen molar-refractivity contribution in [3.63, 3.8) is 0 Å². The summed E-state index contributed by atoms with van der Waals surface area (Å²) in [6.45, 7) is 3.85. The van der Waals surface area contributed by atoms with E-state index in [1.54, 1.807) is 4.90 Å². The zero-order valence-electron chi connectivity index (χ0n) is 22.1. The van der Waals surface area contributed by atoms with E-state index in [9.17, 15) is 22.8 Å². The second-order valence-electron chi connectivity index (χ2n) is 9.30. The first-order chi connectivity index (χ1) is 19.6. The first-order valence-electron chi connectivity index (χ1n) is 12.6. The summed E-state index contributed by atoms with van der Waals surface area (Å²) in [4.78, 5) is 35.4. The van der Waals surface area contributed by atoms with Crippen molar-refractivity contribution < 1.29 is 27.5 Å². The number of para-hydroxylation sites is 1. The number of carbonyl (C=O) groups excluding carboxylic acids is 2. The molecule has 0 radical (unpaired) electrons. The number of amidine groups is 1. The topological polar surface area (TPSA) is 89.7 Å². The number of thioether (sulfide) groups is 1. The van der Waals surface area contributed by atoms with E-state index in [2.05, 4.69) is 19.8 Å². The van der Waals surface area contributed by atoms with Gasteiger partial charge in [0.25, 0.3) is 0 Å². The predicted molar refractivity (Wildman–Crippen MR) is 150 cm³/mol. The van der Waals surface area contributed by atoms with Gasteiger partial charge in [0, 0.05) is 12.0 Å². The van der Waals surface area contributed by atoms with Crippen LogP contribution in [0.4, 0.5) is 18.9 Å². The minimum Gasteiger partial charge on any atom is -0.406 e. The van der Waals surface area contributed by atoms with Crippen molar-refractivity contribution in [3.8, 4) is 22.8 Å². The van der Waals surface area contributed by atoms with Gasteiger partial charge < -0.3 is 4.74 Å². The van der Waals surface area contributed by atoms with E-state index in [1.807, 2.05) is 56.3 Å². The molecule has 3 aromatic carbocycles. The van der Waals surface area contributed by atoms with E-state index in [1.165, 1.54) is 47.0 Å². The quantitative estimate of drug-likeness (QED) is 0.265. The number of hydrogen-bond donors (Lipinski definition) is 0. The molecule has 1 aliphatic rings. The summed E-state index contributed by atoms with van der Waals surface area (Å²) in [5, 5.41) is 4.80. The lowest BCUT2D eigenvalue weighted by atomic mass is 10.1. The first-order valence-corrected chi connectivity index (χ1v) is 13.6. The SMILES string of the molecule is Cc1cccc(C)c1N1C(=O)CSC1=NC(=O)CCc1ccc(-c2ncn(-c3ccc(OC(F)(F)F)cc3)n2)cc1. The molecule has 4 aromatic rings. The van der Waals surface area contributed by atoms with Gasteiger partial charge in [-0.1, -0.05) is 54.2 Å². The van der Waals surface area contributed by atoms with Crippen molar-refractivity contribution in [2.45, 2.75) is 33.1 Å². The lowest BCUT2D eigenvalue weighted by Crippen LogP contribution is -2.31. The Morgan fingerprint density at radius 3 is 2.37 bits per heavy atom. The molecule has 1 fully saturated rings. The normalized spacial score (nSPS) is 14.6. The summed E-state index contributed by atoms with van der Waals surface area (Å²) in [7, 11) is 0. The fraction of sp³-hybridized carbons (Fsp3) is 0.207. The number of rotatable bonds is 7. The number of aliphatic imine (C=N–C) groups is 1. The molecule has 12 heteroatoms. The highest BCUT2D eigenvalue weighted by Crippen LogP contribution is 2.32. The maximum absolute atomic E-state index is 12.7. The van der Waals surface area contributed by atoms with Crippen LogP contribution < -0.4 is 9.64 Å². The number of alkyl halides is 3. The van der Waals surface area contributed by atoms with E-state index in [4.69, 9.17) is 0 Å². The third-order valence-corrected chi connectivity index (χ3v) is 7.24. The van der Waals surface area contributed by atoms with Crippen LogP contribution in [-0.4, -0.2) is 43.9 Å². The number of halogens is 3. The van der Waals surface area contributed by atoms with Gasteiger partial charge >= 0.3 is 6.36 Å². The summed E-state index contributed by atoms with van der Waals surface area (Å²) in [6.07, 6.45) is -2.65. The van der Waals surface area contributed by atoms with Gasteiger partial charge in [-0.3, -0.25) is 14.5 Å². The van der Waals surface area contributed by atoms with Crippen LogP contribution in [0, 0.1) is 13.8 Å². The summed E-state index contributed by atoms with van der Waals surface area (Å²) < 4.78 is 42.5. The van der Waals surface area contributed by atoms with Crippen molar-refractivity contribution in [2.75, 3.05) is 10.7 Å². The summed E-state index contributed by atoms with van der Waals surface area (Å²) in [6, 6.07) is 18.5. The zero-order chi connectivity index (χ0) is 29.1. The van der Waals surface area contributed by atoms with Gasteiger partial charge in [-0.05, 0) is 61.2 Å². The minimum absolute atomic E-state index is 0.0990. The van der Waals surface area contributed by atoms with Crippen LogP contribution in [0.5, 0.6) is 5.75 Å². The van der Waals surface area contributed by atoms with Gasteiger partial charge in [0.05, 0.1) is 17.1 Å². The molecule has 0 spiro atoms. The molecule has 210 valence electrons. The van der Waals surface area contributed by atoms with E-state index < -0.39 is 6.36 Å². The zero-order valence-corrected chi connectivity index (χ0v) is 22.9. The van der Waals surface area contributed by atoms with E-state index in [0.717, 1.165) is 27.9 Å². The van der Waals surface area contributed by atoms with E-state index in [0.29, 0.717) is 23.1 Å². The number of ether oxygens (including phenoxy) is 1. The smallest absolute Gasteiger partial charge is 0.406 e. The van der Waals surface area contributed by atoms with E-state index in [-0.39, 0.29) is 29.7 Å². The molecule has 0 saturated carbocycles. The number of carbonyl (C=O) groups is 2. The van der Waals surface area contributed by atoms with Crippen LogP contribution in [0.1, 0.15) is 23.1 Å². The van der Waals surface area contributed by atoms with Gasteiger partial charge in [0.1, 0.15) is 12.1 Å². The molecule has 0 unspecified atom stereocenters. The number of aromatic nitrogens is 3. The largest absolute Gasteiger partial charge is 0.573 e. The van der Waals surface area contributed by atoms with Crippen LogP contribution in [0.2, 0.25) is 0 Å². The average molecular weight is 580 g/mol. The maximum Gasteiger partial charge on any atom is 0.573 e. The Bertz CT molecular complexity index is 1600. The number of benzene rings is 3. The minimum atomic E-state index is -4.76. The molecule has 0 atom stereocenters. The molecule has 1 aromatic heterocycles. The maximum atomic E-state index is 12.7. The van der Waals surface area contributed by atoms with Crippen molar-refractivity contribution in [1.29, 1.82) is 0 Å². The molecule has 41 heavy (non-hydrogen) atoms. The Balaban J connectivity index is 1.21. The lowest BCUT2D eigenvalue weighted by Gasteiger charge is -2.20. The summed E-state index contributed by atoms with van der Waals surface area (Å²) in [5.74, 6) is -0.0591. The molecule has 2 amide bonds. The molecular weight excluding hydrogens is 555 g/mol. The highest BCUT2D eigenvalue weighted by Gasteiger charge is 2.32. The number of anilines is 1. The molecule has 0 aliphatic carbocycles. The second-order valence-corrected chi connectivity index (χ2v) is 10.2. The van der Waals surface area contributed by atoms with Crippen LogP contribution in [0.15, 0.2) is 78.0 Å². The second kappa shape index (κ2) is 11.6. The Kier molecular flexibility index (Phi) is 7.93. The lowest BCUT2D eigenvalue weighted by molar-refractivity contribution is -0.274. The van der Waals surface area contributed by atoms with Crippen molar-refractivity contribution >= 4 is 34.4 Å². The highest BCUT2D eigenvalue weighted by molar-refractivity contribution is 8.15. The van der Waals surface area contributed by atoms with Crippen molar-refractivity contribution in [3.05, 3.63) is 89.7 Å². The third kappa shape index (κ3) is 6.65. The van der Waals surface area contributed by atoms with Crippen LogP contribution >= 0.6 is 11.8 Å². The van der Waals surface area contributed by atoms with Crippen LogP contribution in [0.25, 0.3) is 17.1 Å². The monoisotopic (exact) mass is 579 g/mol.